The molecule has 3 aromatic rings. The number of hydrogen-bond donors (Lipinski definition) is 2. The van der Waals surface area contributed by atoms with Crippen molar-refractivity contribution in [2.45, 2.75) is 38.8 Å². The fraction of sp³-hybridized carbons (Fsp3) is 0.333. The largest absolute Gasteiger partial charge is 0.456 e. The third kappa shape index (κ3) is 3.89. The normalized spacial score (nSPS) is 18.9. The van der Waals surface area contributed by atoms with Gasteiger partial charge in [0.25, 0.3) is 0 Å². The molecule has 8 nitrogen and oxygen atoms in total. The summed E-state index contributed by atoms with van der Waals surface area (Å²) in [5.41, 5.74) is 2.58. The number of likely N-dealkylation sites (tertiary alicyclic amines) is 1. The van der Waals surface area contributed by atoms with Gasteiger partial charge >= 0.3 is 6.03 Å². The first kappa shape index (κ1) is 20.4. The summed E-state index contributed by atoms with van der Waals surface area (Å²) in [6.45, 7) is 2.50. The Hall–Kier alpha value is -3.52. The van der Waals surface area contributed by atoms with Gasteiger partial charge < -0.3 is 9.84 Å². The monoisotopic (exact) mass is 431 g/mol. The van der Waals surface area contributed by atoms with E-state index in [9.17, 15) is 9.90 Å². The molecule has 4 heterocycles. The number of nitrogens with zero attached hydrogens (tertiary/aromatic N) is 4. The van der Waals surface area contributed by atoms with Crippen LogP contribution in [-0.2, 0) is 0 Å². The van der Waals surface area contributed by atoms with Crippen LogP contribution in [0.2, 0.25) is 0 Å². The van der Waals surface area contributed by atoms with Crippen LogP contribution in [-0.4, -0.2) is 43.8 Å². The lowest BCUT2D eigenvalue weighted by Gasteiger charge is -2.41. The molecule has 1 saturated carbocycles. The number of ether oxygens (including phenoxy) is 1. The minimum absolute atomic E-state index is 0.0964. The summed E-state index contributed by atoms with van der Waals surface area (Å²) in [4.78, 5) is 27.0. The van der Waals surface area contributed by atoms with Gasteiger partial charge in [0, 0.05) is 41.7 Å². The molecule has 1 saturated heterocycles. The van der Waals surface area contributed by atoms with Crippen molar-refractivity contribution in [3.63, 3.8) is 0 Å². The van der Waals surface area contributed by atoms with Crippen LogP contribution >= 0.6 is 0 Å². The molecule has 1 aliphatic carbocycles. The highest BCUT2D eigenvalue weighted by Gasteiger charge is 2.51. The number of aliphatic hydroxyl groups excluding tert-OH is 1. The fourth-order valence-corrected chi connectivity index (χ4v) is 4.45. The van der Waals surface area contributed by atoms with E-state index in [1.54, 1.807) is 36.8 Å². The number of aliphatic hydroxyl groups is 1. The van der Waals surface area contributed by atoms with Crippen molar-refractivity contribution in [3.8, 4) is 22.8 Å². The van der Waals surface area contributed by atoms with Gasteiger partial charge in [-0.2, -0.15) is 0 Å². The van der Waals surface area contributed by atoms with Gasteiger partial charge in [0.15, 0.2) is 0 Å². The second-order valence-corrected chi connectivity index (χ2v) is 8.51. The number of anilines is 1. The van der Waals surface area contributed by atoms with Crippen molar-refractivity contribution >= 4 is 11.8 Å². The zero-order valence-corrected chi connectivity index (χ0v) is 17.9. The van der Waals surface area contributed by atoms with Gasteiger partial charge in [0.1, 0.15) is 23.5 Å². The molecule has 32 heavy (non-hydrogen) atoms. The standard InChI is InChI=1S/C24H25N5O3/c1-16-13-17(5-10-25-16)20-14-18(6-11-26-20)32-19-3-4-21(27-15-19)28-23(31)29-12-9-24(22(29)30)7-2-8-24/h3-6,10-11,13-15,22,30H,2,7-9,12H2,1H3,(H,27,28,31). The quantitative estimate of drug-likeness (QED) is 0.636. The zero-order valence-electron chi connectivity index (χ0n) is 17.9. The Kier molecular flexibility index (Phi) is 5.22. The Bertz CT molecular complexity index is 1130. The van der Waals surface area contributed by atoms with Crippen molar-refractivity contribution in [2.75, 3.05) is 11.9 Å². The summed E-state index contributed by atoms with van der Waals surface area (Å²) >= 11 is 0. The van der Waals surface area contributed by atoms with Crippen LogP contribution in [0.5, 0.6) is 11.5 Å². The Balaban J connectivity index is 1.23. The average Bonchev–Trinajstić information content (AvgIpc) is 3.13. The number of carbonyl (C=O) groups excluding carboxylic acids is 1. The van der Waals surface area contributed by atoms with Crippen LogP contribution in [0.4, 0.5) is 10.6 Å². The second kappa shape index (κ2) is 8.20. The van der Waals surface area contributed by atoms with Gasteiger partial charge in [0.2, 0.25) is 0 Å². The predicted octanol–water partition coefficient (Wildman–Crippen LogP) is 4.37. The van der Waals surface area contributed by atoms with Crippen LogP contribution < -0.4 is 10.1 Å². The zero-order chi connectivity index (χ0) is 22.1. The van der Waals surface area contributed by atoms with Crippen molar-refractivity contribution in [1.82, 2.24) is 19.9 Å². The van der Waals surface area contributed by atoms with Gasteiger partial charge in [-0.05, 0) is 56.5 Å². The first-order valence-corrected chi connectivity index (χ1v) is 10.8. The number of urea groups is 1. The summed E-state index contributed by atoms with van der Waals surface area (Å²) in [7, 11) is 0. The van der Waals surface area contributed by atoms with Crippen LogP contribution in [0.1, 0.15) is 31.4 Å². The van der Waals surface area contributed by atoms with E-state index in [4.69, 9.17) is 4.74 Å². The fourth-order valence-electron chi connectivity index (χ4n) is 4.45. The molecular formula is C24H25N5O3. The lowest BCUT2D eigenvalue weighted by atomic mass is 9.67. The van der Waals surface area contributed by atoms with Crippen molar-refractivity contribution in [1.29, 1.82) is 0 Å². The Morgan fingerprint density at radius 3 is 2.62 bits per heavy atom. The number of hydrogen-bond acceptors (Lipinski definition) is 6. The summed E-state index contributed by atoms with van der Waals surface area (Å²) in [5, 5.41) is 13.3. The summed E-state index contributed by atoms with van der Waals surface area (Å²) in [6, 6.07) is 10.6. The molecule has 5 rings (SSSR count). The maximum atomic E-state index is 12.6. The number of aryl methyl sites for hydroxylation is 1. The third-order valence-corrected chi connectivity index (χ3v) is 6.43. The molecule has 1 aliphatic heterocycles. The molecule has 1 unspecified atom stereocenters. The van der Waals surface area contributed by atoms with Gasteiger partial charge in [-0.25, -0.2) is 9.78 Å². The highest BCUT2D eigenvalue weighted by molar-refractivity contribution is 5.88. The number of nitrogens with one attached hydrogen (secondary N) is 1. The maximum Gasteiger partial charge on any atom is 0.325 e. The third-order valence-electron chi connectivity index (χ3n) is 6.43. The predicted molar refractivity (Wildman–Crippen MR) is 119 cm³/mol. The molecule has 2 amide bonds. The smallest absolute Gasteiger partial charge is 0.325 e. The van der Waals surface area contributed by atoms with Crippen LogP contribution in [0.15, 0.2) is 55.0 Å². The topological polar surface area (TPSA) is 100 Å². The van der Waals surface area contributed by atoms with Gasteiger partial charge in [0.05, 0.1) is 11.9 Å². The molecule has 0 aromatic carbocycles. The van der Waals surface area contributed by atoms with E-state index in [1.807, 2.05) is 25.1 Å². The van der Waals surface area contributed by atoms with E-state index >= 15 is 0 Å². The number of aromatic nitrogens is 3. The van der Waals surface area contributed by atoms with Gasteiger partial charge in [-0.3, -0.25) is 20.2 Å². The molecule has 0 radical (unpaired) electrons. The molecule has 3 aromatic heterocycles. The van der Waals surface area contributed by atoms with Crippen LogP contribution in [0.3, 0.4) is 0 Å². The van der Waals surface area contributed by atoms with Crippen LogP contribution in [0, 0.1) is 12.3 Å². The molecule has 1 atom stereocenters. The Morgan fingerprint density at radius 1 is 1.09 bits per heavy atom. The minimum Gasteiger partial charge on any atom is -0.456 e. The van der Waals surface area contributed by atoms with Crippen LogP contribution in [0.25, 0.3) is 11.3 Å². The molecule has 8 heteroatoms. The van der Waals surface area contributed by atoms with E-state index in [-0.39, 0.29) is 11.4 Å². The van der Waals surface area contributed by atoms with Gasteiger partial charge in [-0.1, -0.05) is 6.42 Å². The summed E-state index contributed by atoms with van der Waals surface area (Å²) in [5.74, 6) is 1.58. The number of carbonyl (C=O) groups is 1. The minimum atomic E-state index is -0.719. The van der Waals surface area contributed by atoms with Crippen molar-refractivity contribution < 1.29 is 14.6 Å². The number of amides is 2. The van der Waals surface area contributed by atoms with E-state index < -0.39 is 6.23 Å². The number of rotatable bonds is 4. The molecule has 0 bridgehead atoms. The lowest BCUT2D eigenvalue weighted by molar-refractivity contribution is -0.0601. The summed E-state index contributed by atoms with van der Waals surface area (Å²) in [6.07, 6.45) is 8.23. The van der Waals surface area contributed by atoms with E-state index in [0.717, 1.165) is 42.6 Å². The first-order valence-electron chi connectivity index (χ1n) is 10.8. The number of pyridine rings is 3. The van der Waals surface area contributed by atoms with E-state index in [2.05, 4.69) is 20.3 Å². The first-order chi connectivity index (χ1) is 15.5. The maximum absolute atomic E-state index is 12.6. The Labute approximate surface area is 186 Å². The molecule has 1 spiro atoms. The molecule has 2 aliphatic rings. The average molecular weight is 431 g/mol. The lowest BCUT2D eigenvalue weighted by Crippen LogP contribution is -2.47. The second-order valence-electron chi connectivity index (χ2n) is 8.51. The Morgan fingerprint density at radius 2 is 1.94 bits per heavy atom. The van der Waals surface area contributed by atoms with Crippen molar-refractivity contribution in [2.24, 2.45) is 5.41 Å². The highest BCUT2D eigenvalue weighted by Crippen LogP contribution is 2.51. The summed E-state index contributed by atoms with van der Waals surface area (Å²) < 4.78 is 5.92. The molecule has 2 N–H and O–H groups in total. The molecular weight excluding hydrogens is 406 g/mol. The van der Waals surface area contributed by atoms with E-state index in [1.165, 1.54) is 4.90 Å². The highest BCUT2D eigenvalue weighted by atomic mass is 16.5. The van der Waals surface area contributed by atoms with Crippen molar-refractivity contribution in [3.05, 3.63) is 60.7 Å². The molecule has 2 fully saturated rings. The van der Waals surface area contributed by atoms with E-state index in [0.29, 0.717) is 23.9 Å². The van der Waals surface area contributed by atoms with Gasteiger partial charge in [-0.15, -0.1) is 0 Å². The molecule has 164 valence electrons. The SMILES string of the molecule is Cc1cc(-c2cc(Oc3ccc(NC(=O)N4CCC5(CCC5)C4O)nc3)ccn2)ccn1.